The van der Waals surface area contributed by atoms with Crippen LogP contribution in [0.15, 0.2) is 18.2 Å². The van der Waals surface area contributed by atoms with Crippen molar-refractivity contribution in [3.63, 3.8) is 0 Å². The Labute approximate surface area is 110 Å². The number of rotatable bonds is 4. The molecule has 0 fully saturated rings. The molecular weight excluding hydrogens is 248 g/mol. The normalized spacial score (nSPS) is 8.95. The second kappa shape index (κ2) is 6.91. The highest BCUT2D eigenvalue weighted by Gasteiger charge is 2.13. The molecule has 0 unspecified atom stereocenters. The van der Waals surface area contributed by atoms with Crippen LogP contribution in [0.3, 0.4) is 0 Å². The van der Waals surface area contributed by atoms with Gasteiger partial charge in [0.1, 0.15) is 5.75 Å². The van der Waals surface area contributed by atoms with Gasteiger partial charge in [-0.3, -0.25) is 0 Å². The quantitative estimate of drug-likeness (QED) is 0.718. The van der Waals surface area contributed by atoms with Crippen molar-refractivity contribution in [2.24, 2.45) is 0 Å². The van der Waals surface area contributed by atoms with Crippen molar-refractivity contribution in [2.45, 2.75) is 6.92 Å². The number of hydrogen-bond acceptors (Lipinski definition) is 3. The minimum absolute atomic E-state index is 0.0162. The van der Waals surface area contributed by atoms with Gasteiger partial charge in [-0.15, -0.1) is 5.92 Å². The summed E-state index contributed by atoms with van der Waals surface area (Å²) >= 11 is 0. The third kappa shape index (κ3) is 4.24. The molecule has 1 aromatic carbocycles. The van der Waals surface area contributed by atoms with Crippen LogP contribution in [0, 0.1) is 11.8 Å². The number of methoxy groups -OCH3 is 1. The summed E-state index contributed by atoms with van der Waals surface area (Å²) in [5, 5.41) is 13.9. The lowest BCUT2D eigenvalue weighted by Crippen LogP contribution is -2.29. The molecule has 1 rings (SSSR count). The first-order chi connectivity index (χ1) is 9.08. The Balaban J connectivity index is 2.87. The number of ether oxygens (including phenoxy) is 1. The first kappa shape index (κ1) is 14.4. The minimum atomic E-state index is -1.13. The summed E-state index contributed by atoms with van der Waals surface area (Å²) < 4.78 is 4.98. The smallest absolute Gasteiger partial charge is 0.337 e. The molecule has 0 atom stereocenters. The third-order valence-corrected chi connectivity index (χ3v) is 2.22. The van der Waals surface area contributed by atoms with Crippen molar-refractivity contribution in [1.82, 2.24) is 5.32 Å². The van der Waals surface area contributed by atoms with Gasteiger partial charge in [-0.2, -0.15) is 0 Å². The summed E-state index contributed by atoms with van der Waals surface area (Å²) in [6, 6.07) is 3.78. The molecule has 3 N–H and O–H groups in total. The maximum atomic E-state index is 11.5. The van der Waals surface area contributed by atoms with E-state index in [0.29, 0.717) is 5.75 Å². The van der Waals surface area contributed by atoms with Crippen molar-refractivity contribution < 1.29 is 19.4 Å². The zero-order valence-electron chi connectivity index (χ0n) is 10.6. The van der Waals surface area contributed by atoms with Gasteiger partial charge in [0.15, 0.2) is 0 Å². The van der Waals surface area contributed by atoms with Crippen molar-refractivity contribution in [2.75, 3.05) is 19.0 Å². The maximum absolute atomic E-state index is 11.5. The van der Waals surface area contributed by atoms with E-state index < -0.39 is 12.0 Å². The van der Waals surface area contributed by atoms with Gasteiger partial charge in [-0.05, 0) is 19.1 Å². The van der Waals surface area contributed by atoms with E-state index >= 15 is 0 Å². The molecule has 6 nitrogen and oxygen atoms in total. The van der Waals surface area contributed by atoms with E-state index in [2.05, 4.69) is 22.5 Å². The fourth-order valence-corrected chi connectivity index (χ4v) is 1.32. The van der Waals surface area contributed by atoms with Gasteiger partial charge in [-0.1, -0.05) is 5.92 Å². The second-order valence-electron chi connectivity index (χ2n) is 3.45. The van der Waals surface area contributed by atoms with Crippen LogP contribution >= 0.6 is 0 Å². The van der Waals surface area contributed by atoms with Crippen LogP contribution in [0.1, 0.15) is 17.3 Å². The molecule has 0 saturated carbocycles. The number of anilines is 1. The lowest BCUT2D eigenvalue weighted by Gasteiger charge is -2.10. The van der Waals surface area contributed by atoms with Gasteiger partial charge >= 0.3 is 12.0 Å². The number of hydrogen-bond donors (Lipinski definition) is 3. The van der Waals surface area contributed by atoms with Crippen molar-refractivity contribution in [1.29, 1.82) is 0 Å². The van der Waals surface area contributed by atoms with Gasteiger partial charge in [-0.25, -0.2) is 9.59 Å². The Morgan fingerprint density at radius 3 is 2.74 bits per heavy atom. The van der Waals surface area contributed by atoms with E-state index in [4.69, 9.17) is 9.84 Å². The highest BCUT2D eigenvalue weighted by atomic mass is 16.5. The van der Waals surface area contributed by atoms with Crippen LogP contribution in [-0.4, -0.2) is 30.8 Å². The molecule has 100 valence electrons. The van der Waals surface area contributed by atoms with Crippen molar-refractivity contribution in [3.05, 3.63) is 23.8 Å². The molecule has 0 saturated heterocycles. The fourth-order valence-electron chi connectivity index (χ4n) is 1.32. The van der Waals surface area contributed by atoms with E-state index in [-0.39, 0.29) is 17.8 Å². The number of carbonyl (C=O) groups is 2. The zero-order chi connectivity index (χ0) is 14.3. The Hall–Kier alpha value is -2.68. The predicted octanol–water partition coefficient (Wildman–Crippen LogP) is 1.54. The van der Waals surface area contributed by atoms with Gasteiger partial charge in [0.25, 0.3) is 0 Å². The zero-order valence-corrected chi connectivity index (χ0v) is 10.6. The maximum Gasteiger partial charge on any atom is 0.337 e. The molecule has 6 heteroatoms. The van der Waals surface area contributed by atoms with Crippen LogP contribution in [0.25, 0.3) is 0 Å². The molecule has 0 aliphatic heterocycles. The number of carboxylic acid groups (broad SMARTS) is 1. The van der Waals surface area contributed by atoms with Gasteiger partial charge in [0.2, 0.25) is 0 Å². The topological polar surface area (TPSA) is 87.7 Å². The molecule has 19 heavy (non-hydrogen) atoms. The molecule has 0 aliphatic carbocycles. The summed E-state index contributed by atoms with van der Waals surface area (Å²) in [4.78, 5) is 22.6. The average Bonchev–Trinajstić information content (AvgIpc) is 2.38. The number of carboxylic acids is 1. The van der Waals surface area contributed by atoms with Gasteiger partial charge < -0.3 is 20.5 Å². The largest absolute Gasteiger partial charge is 0.497 e. The van der Waals surface area contributed by atoms with E-state index in [1.54, 1.807) is 6.92 Å². The number of nitrogens with one attached hydrogen (secondary N) is 2. The number of urea groups is 1. The van der Waals surface area contributed by atoms with Crippen molar-refractivity contribution in [3.8, 4) is 17.6 Å². The average molecular weight is 262 g/mol. The van der Waals surface area contributed by atoms with E-state index in [9.17, 15) is 9.59 Å². The molecule has 0 spiro atoms. The number of carbonyl (C=O) groups excluding carboxylic acids is 1. The minimum Gasteiger partial charge on any atom is -0.497 e. The molecule has 1 aromatic rings. The molecule has 0 radical (unpaired) electrons. The van der Waals surface area contributed by atoms with Crippen LogP contribution in [0.5, 0.6) is 5.75 Å². The number of amides is 2. The SMILES string of the molecule is CC#CCNC(=O)Nc1cc(OC)ccc1C(=O)O. The Morgan fingerprint density at radius 1 is 1.42 bits per heavy atom. The van der Waals surface area contributed by atoms with Crippen LogP contribution in [-0.2, 0) is 0 Å². The Bertz CT molecular complexity index is 543. The van der Waals surface area contributed by atoms with Gasteiger partial charge in [0, 0.05) is 6.07 Å². The standard InChI is InChI=1S/C13H14N2O4/c1-3-4-7-14-13(18)15-11-8-9(19-2)5-6-10(11)12(16)17/h5-6,8H,7H2,1-2H3,(H,16,17)(H2,14,15,18). The fraction of sp³-hybridized carbons (Fsp3) is 0.231. The summed E-state index contributed by atoms with van der Waals surface area (Å²) in [6.45, 7) is 1.85. The summed E-state index contributed by atoms with van der Waals surface area (Å²) in [6.07, 6.45) is 0. The molecular formula is C13H14N2O4. The van der Waals surface area contributed by atoms with Crippen LogP contribution in [0.2, 0.25) is 0 Å². The molecule has 0 aromatic heterocycles. The van der Waals surface area contributed by atoms with E-state index in [0.717, 1.165) is 0 Å². The van der Waals surface area contributed by atoms with E-state index in [1.165, 1.54) is 25.3 Å². The number of aromatic carboxylic acids is 1. The second-order valence-corrected chi connectivity index (χ2v) is 3.45. The number of benzene rings is 1. The van der Waals surface area contributed by atoms with Gasteiger partial charge in [0.05, 0.1) is 24.9 Å². The summed E-state index contributed by atoms with van der Waals surface area (Å²) in [5.41, 5.74) is 0.145. The Morgan fingerprint density at radius 2 is 2.16 bits per heavy atom. The first-order valence-electron chi connectivity index (χ1n) is 5.44. The summed E-state index contributed by atoms with van der Waals surface area (Å²) in [7, 11) is 1.45. The predicted molar refractivity (Wildman–Crippen MR) is 70.4 cm³/mol. The molecule has 2 amide bonds. The monoisotopic (exact) mass is 262 g/mol. The highest BCUT2D eigenvalue weighted by Crippen LogP contribution is 2.22. The molecule has 0 aliphatic rings. The van der Waals surface area contributed by atoms with E-state index in [1.807, 2.05) is 0 Å². The molecule has 0 heterocycles. The lowest BCUT2D eigenvalue weighted by molar-refractivity contribution is 0.0698. The third-order valence-electron chi connectivity index (χ3n) is 2.22. The molecule has 0 bridgehead atoms. The van der Waals surface area contributed by atoms with Crippen molar-refractivity contribution >= 4 is 17.7 Å². The van der Waals surface area contributed by atoms with Crippen LogP contribution in [0.4, 0.5) is 10.5 Å². The lowest BCUT2D eigenvalue weighted by atomic mass is 10.1. The van der Waals surface area contributed by atoms with Crippen LogP contribution < -0.4 is 15.4 Å². The summed E-state index contributed by atoms with van der Waals surface area (Å²) in [5.74, 6) is 4.61. The highest BCUT2D eigenvalue weighted by molar-refractivity contribution is 6.00. The Kier molecular flexibility index (Phi) is 5.23. The first-order valence-corrected chi connectivity index (χ1v) is 5.44.